The zero-order valence-corrected chi connectivity index (χ0v) is 13.7. The average molecular weight is 331 g/mol. The summed E-state index contributed by atoms with van der Waals surface area (Å²) in [6, 6.07) is 5.98. The van der Waals surface area contributed by atoms with Gasteiger partial charge in [-0.05, 0) is 19.2 Å². The van der Waals surface area contributed by atoms with Crippen LogP contribution in [0.1, 0.15) is 16.9 Å². The molecule has 0 aliphatic carbocycles. The van der Waals surface area contributed by atoms with Crippen LogP contribution in [-0.2, 0) is 6.54 Å². The largest absolute Gasteiger partial charge is 0.349 e. The lowest BCUT2D eigenvalue weighted by Gasteiger charge is -2.28. The lowest BCUT2D eigenvalue weighted by molar-refractivity contribution is 0.291. The molecule has 3 heterocycles. The Balaban J connectivity index is 1.64. The van der Waals surface area contributed by atoms with E-state index < -0.39 is 6.17 Å². The maximum absolute atomic E-state index is 13.9. The minimum absolute atomic E-state index is 0.0975. The second kappa shape index (κ2) is 7.02. The predicted molar refractivity (Wildman–Crippen MR) is 88.0 cm³/mol. The Morgan fingerprint density at radius 2 is 2.43 bits per heavy atom. The monoisotopic (exact) mass is 331 g/mol. The van der Waals surface area contributed by atoms with Crippen molar-refractivity contribution >= 4 is 17.2 Å². The number of thiophene rings is 1. The standard InChI is InChI=1S/C16H18FN5S/c1-21(9-15-4-12(6-18)10-23-15)8-14-5-13(17)7-22(14)16-2-3-19-11-20-16/h2-4,10-11,13-14H,5,7-9H2,1H3/t13-,14-/m0/s1. The van der Waals surface area contributed by atoms with Crippen LogP contribution in [0.25, 0.3) is 0 Å². The molecule has 1 fully saturated rings. The Kier molecular flexibility index (Phi) is 4.84. The molecule has 0 aromatic carbocycles. The van der Waals surface area contributed by atoms with Crippen molar-refractivity contribution < 1.29 is 4.39 Å². The van der Waals surface area contributed by atoms with E-state index >= 15 is 0 Å². The lowest BCUT2D eigenvalue weighted by atomic mass is 10.2. The van der Waals surface area contributed by atoms with Crippen molar-refractivity contribution in [2.45, 2.75) is 25.2 Å². The van der Waals surface area contributed by atoms with Crippen LogP contribution in [0.3, 0.4) is 0 Å². The molecule has 0 bridgehead atoms. The summed E-state index contributed by atoms with van der Waals surface area (Å²) in [6.07, 6.45) is 2.87. The van der Waals surface area contributed by atoms with E-state index in [0.29, 0.717) is 18.5 Å². The SMILES string of the molecule is CN(Cc1cc(C#N)cs1)C[C@@H]1C[C@H](F)CN1c1ccncn1. The van der Waals surface area contributed by atoms with Crippen LogP contribution in [0.4, 0.5) is 10.2 Å². The van der Waals surface area contributed by atoms with Crippen LogP contribution in [-0.4, -0.2) is 47.2 Å². The molecule has 2 aromatic heterocycles. The highest BCUT2D eigenvalue weighted by Gasteiger charge is 2.33. The van der Waals surface area contributed by atoms with E-state index in [0.717, 1.165) is 23.8 Å². The molecule has 0 saturated carbocycles. The van der Waals surface area contributed by atoms with Crippen molar-refractivity contribution in [2.75, 3.05) is 25.0 Å². The minimum Gasteiger partial charge on any atom is -0.349 e. The van der Waals surface area contributed by atoms with Gasteiger partial charge in [0.05, 0.1) is 12.1 Å². The van der Waals surface area contributed by atoms with Gasteiger partial charge in [0.2, 0.25) is 0 Å². The van der Waals surface area contributed by atoms with Crippen molar-refractivity contribution in [3.05, 3.63) is 40.5 Å². The van der Waals surface area contributed by atoms with Gasteiger partial charge in [0.1, 0.15) is 24.4 Å². The second-order valence-electron chi connectivity index (χ2n) is 5.82. The number of anilines is 1. The maximum atomic E-state index is 13.9. The highest BCUT2D eigenvalue weighted by Crippen LogP contribution is 2.26. The summed E-state index contributed by atoms with van der Waals surface area (Å²) in [5.74, 6) is 0.779. The van der Waals surface area contributed by atoms with Gasteiger partial charge in [-0.2, -0.15) is 5.26 Å². The smallest absolute Gasteiger partial charge is 0.132 e. The van der Waals surface area contributed by atoms with Gasteiger partial charge >= 0.3 is 0 Å². The van der Waals surface area contributed by atoms with E-state index in [9.17, 15) is 4.39 Å². The highest BCUT2D eigenvalue weighted by molar-refractivity contribution is 7.10. The number of halogens is 1. The molecule has 3 rings (SSSR count). The molecular formula is C16H18FN5S. The van der Waals surface area contributed by atoms with Crippen LogP contribution in [0.5, 0.6) is 0 Å². The first kappa shape index (κ1) is 15.8. The topological polar surface area (TPSA) is 56.1 Å². The van der Waals surface area contributed by atoms with Crippen LogP contribution >= 0.6 is 11.3 Å². The molecule has 0 spiro atoms. The van der Waals surface area contributed by atoms with E-state index in [2.05, 4.69) is 20.9 Å². The third-order valence-corrected chi connectivity index (χ3v) is 4.88. The highest BCUT2D eigenvalue weighted by atomic mass is 32.1. The summed E-state index contributed by atoms with van der Waals surface area (Å²) in [5.41, 5.74) is 0.700. The average Bonchev–Trinajstić information content (AvgIpc) is 3.14. The molecule has 0 N–H and O–H groups in total. The van der Waals surface area contributed by atoms with E-state index in [1.165, 1.54) is 6.33 Å². The second-order valence-corrected chi connectivity index (χ2v) is 6.81. The first-order valence-electron chi connectivity index (χ1n) is 7.48. The van der Waals surface area contributed by atoms with Crippen molar-refractivity contribution in [3.8, 4) is 6.07 Å². The van der Waals surface area contributed by atoms with Crippen molar-refractivity contribution in [1.29, 1.82) is 5.26 Å². The van der Waals surface area contributed by atoms with Crippen LogP contribution in [0.15, 0.2) is 30.0 Å². The molecule has 0 amide bonds. The molecule has 7 heteroatoms. The Labute approximate surface area is 139 Å². The van der Waals surface area contributed by atoms with E-state index in [4.69, 9.17) is 5.26 Å². The summed E-state index contributed by atoms with van der Waals surface area (Å²) in [7, 11) is 2.02. The van der Waals surface area contributed by atoms with Gasteiger partial charge in [-0.25, -0.2) is 14.4 Å². The quantitative estimate of drug-likeness (QED) is 0.842. The molecule has 2 aromatic rings. The van der Waals surface area contributed by atoms with E-state index in [-0.39, 0.29) is 6.04 Å². The van der Waals surface area contributed by atoms with Gasteiger partial charge in [0, 0.05) is 42.0 Å². The van der Waals surface area contributed by atoms with Gasteiger partial charge in [-0.15, -0.1) is 11.3 Å². The van der Waals surface area contributed by atoms with Gasteiger partial charge in [0.25, 0.3) is 0 Å². The zero-order chi connectivity index (χ0) is 16.2. The lowest BCUT2D eigenvalue weighted by Crippen LogP contribution is -2.39. The summed E-state index contributed by atoms with van der Waals surface area (Å²) in [4.78, 5) is 13.5. The molecule has 1 aliphatic rings. The molecule has 1 aliphatic heterocycles. The van der Waals surface area contributed by atoms with E-state index in [1.54, 1.807) is 17.5 Å². The van der Waals surface area contributed by atoms with Gasteiger partial charge in [-0.1, -0.05) is 0 Å². The van der Waals surface area contributed by atoms with Crippen LogP contribution in [0.2, 0.25) is 0 Å². The molecule has 5 nitrogen and oxygen atoms in total. The fourth-order valence-electron chi connectivity index (χ4n) is 2.98. The summed E-state index contributed by atoms with van der Waals surface area (Å²) in [6.45, 7) is 1.90. The van der Waals surface area contributed by atoms with Crippen molar-refractivity contribution in [1.82, 2.24) is 14.9 Å². The van der Waals surface area contributed by atoms with Crippen molar-refractivity contribution in [2.24, 2.45) is 0 Å². The molecule has 120 valence electrons. The fourth-order valence-corrected chi connectivity index (χ4v) is 3.87. The summed E-state index contributed by atoms with van der Waals surface area (Å²) >= 11 is 1.59. The fraction of sp³-hybridized carbons (Fsp3) is 0.438. The Morgan fingerprint density at radius 1 is 1.57 bits per heavy atom. The molecule has 2 atom stereocenters. The number of rotatable bonds is 5. The molecular weight excluding hydrogens is 313 g/mol. The summed E-state index contributed by atoms with van der Waals surface area (Å²) in [5, 5.41) is 10.8. The first-order valence-corrected chi connectivity index (χ1v) is 8.36. The Morgan fingerprint density at radius 3 is 3.13 bits per heavy atom. The molecule has 1 saturated heterocycles. The van der Waals surface area contributed by atoms with Gasteiger partial charge < -0.3 is 4.90 Å². The summed E-state index contributed by atoms with van der Waals surface area (Å²) < 4.78 is 13.9. The number of aromatic nitrogens is 2. The van der Waals surface area contributed by atoms with Gasteiger partial charge in [0.15, 0.2) is 0 Å². The predicted octanol–water partition coefficient (Wildman–Crippen LogP) is 2.46. The number of likely N-dealkylation sites (N-methyl/N-ethyl adjacent to an activating group) is 1. The van der Waals surface area contributed by atoms with Gasteiger partial charge in [-0.3, -0.25) is 4.90 Å². The van der Waals surface area contributed by atoms with Crippen molar-refractivity contribution in [3.63, 3.8) is 0 Å². The Hall–Kier alpha value is -2.04. The third kappa shape index (κ3) is 3.84. The normalized spacial score (nSPS) is 20.9. The molecule has 0 unspecified atom stereocenters. The minimum atomic E-state index is -0.824. The Bertz CT molecular complexity index is 683. The zero-order valence-electron chi connectivity index (χ0n) is 12.9. The number of nitriles is 1. The number of alkyl halides is 1. The van der Waals surface area contributed by atoms with Crippen LogP contribution in [0, 0.1) is 11.3 Å². The maximum Gasteiger partial charge on any atom is 0.132 e. The molecule has 23 heavy (non-hydrogen) atoms. The first-order chi connectivity index (χ1) is 11.2. The third-order valence-electron chi connectivity index (χ3n) is 3.96. The number of hydrogen-bond acceptors (Lipinski definition) is 6. The number of hydrogen-bond donors (Lipinski definition) is 0. The number of nitrogens with zero attached hydrogens (tertiary/aromatic N) is 5. The molecule has 0 radical (unpaired) electrons. The van der Waals surface area contributed by atoms with E-state index in [1.807, 2.05) is 29.5 Å². The van der Waals surface area contributed by atoms with Crippen LogP contribution < -0.4 is 4.90 Å².